The Morgan fingerprint density at radius 2 is 2.02 bits per heavy atom. The molecule has 47 heavy (non-hydrogen) atoms. The minimum Gasteiger partial charge on any atom is -0.461 e. The van der Waals surface area contributed by atoms with Gasteiger partial charge in [0.05, 0.1) is 30.5 Å². The predicted molar refractivity (Wildman–Crippen MR) is 175 cm³/mol. The van der Waals surface area contributed by atoms with Crippen molar-refractivity contribution in [3.05, 3.63) is 40.8 Å². The number of aromatic nitrogens is 4. The van der Waals surface area contributed by atoms with E-state index < -0.39 is 17.5 Å². The Kier molecular flexibility index (Phi) is 8.13. The van der Waals surface area contributed by atoms with Gasteiger partial charge in [-0.05, 0) is 56.3 Å². The molecule has 0 aliphatic carbocycles. The Hall–Kier alpha value is -3.61. The number of halogens is 3. The van der Waals surface area contributed by atoms with Crippen LogP contribution < -0.4 is 15.0 Å². The van der Waals surface area contributed by atoms with Gasteiger partial charge in [0.25, 0.3) is 0 Å². The third-order valence-electron chi connectivity index (χ3n) is 10.4. The molecule has 13 heteroatoms. The number of alkyl halides is 1. The summed E-state index contributed by atoms with van der Waals surface area (Å²) in [5.41, 5.74) is 2.23. The van der Waals surface area contributed by atoms with Crippen molar-refractivity contribution < 1.29 is 23.0 Å². The van der Waals surface area contributed by atoms with Gasteiger partial charge in [-0.25, -0.2) is 8.78 Å². The number of hydrogen-bond donors (Lipinski definition) is 2. The van der Waals surface area contributed by atoms with E-state index in [1.165, 1.54) is 0 Å². The molecule has 9 rings (SSSR count). The van der Waals surface area contributed by atoms with Crippen LogP contribution in [0.5, 0.6) is 6.01 Å². The molecule has 10 nitrogen and oxygen atoms in total. The Morgan fingerprint density at radius 3 is 2.94 bits per heavy atom. The number of ether oxygens (including phenoxy) is 2. The minimum atomic E-state index is -0.899. The summed E-state index contributed by atoms with van der Waals surface area (Å²) in [5, 5.41) is 12.1. The molecule has 3 atom stereocenters. The highest BCUT2D eigenvalue weighted by Crippen LogP contribution is 2.43. The number of hydrogen-bond acceptors (Lipinski definition) is 8. The first-order chi connectivity index (χ1) is 22.9. The fourth-order valence-corrected chi connectivity index (χ4v) is 8.35. The van der Waals surface area contributed by atoms with Gasteiger partial charge in [0.2, 0.25) is 5.91 Å². The minimum absolute atomic E-state index is 0.000939. The number of rotatable bonds is 3. The molecule has 2 aromatic heterocycles. The van der Waals surface area contributed by atoms with E-state index in [-0.39, 0.29) is 30.0 Å². The Balaban J connectivity index is 1.29. The number of carbonyl (C=O) groups excluding carboxylic acids is 1. The summed E-state index contributed by atoms with van der Waals surface area (Å²) in [7, 11) is 0. The van der Waals surface area contributed by atoms with Crippen LogP contribution >= 0.6 is 11.6 Å². The molecule has 4 aromatic rings. The van der Waals surface area contributed by atoms with Crippen molar-refractivity contribution in [1.29, 1.82) is 0 Å². The van der Waals surface area contributed by atoms with Crippen LogP contribution in [0.3, 0.4) is 0 Å². The average molecular weight is 666 g/mol. The lowest BCUT2D eigenvalue weighted by Gasteiger charge is -2.31. The van der Waals surface area contributed by atoms with Gasteiger partial charge >= 0.3 is 6.01 Å². The van der Waals surface area contributed by atoms with E-state index in [2.05, 4.69) is 25.3 Å². The fourth-order valence-electron chi connectivity index (χ4n) is 8.06. The fraction of sp³-hybridized carbons (Fsp3) is 0.529. The highest BCUT2D eigenvalue weighted by Gasteiger charge is 2.49. The summed E-state index contributed by atoms with van der Waals surface area (Å²) >= 11 is 6.85. The van der Waals surface area contributed by atoms with Crippen molar-refractivity contribution in [3.63, 3.8) is 0 Å². The van der Waals surface area contributed by atoms with Gasteiger partial charge in [-0.3, -0.25) is 14.8 Å². The molecule has 0 spiro atoms. The first-order valence-electron chi connectivity index (χ1n) is 16.6. The second-order valence-electron chi connectivity index (χ2n) is 13.5. The van der Waals surface area contributed by atoms with Crippen LogP contribution in [0, 0.1) is 11.7 Å². The maximum Gasteiger partial charge on any atom is 0.319 e. The molecular weight excluding hydrogens is 628 g/mol. The molecule has 5 aliphatic heterocycles. The number of carbonyl (C=O) groups is 1. The van der Waals surface area contributed by atoms with Gasteiger partial charge in [-0.15, -0.1) is 0 Å². The molecule has 2 aromatic carbocycles. The van der Waals surface area contributed by atoms with Gasteiger partial charge in [0.15, 0.2) is 5.82 Å². The third kappa shape index (κ3) is 5.67. The number of anilines is 1. The van der Waals surface area contributed by atoms with Crippen molar-refractivity contribution in [2.24, 2.45) is 5.92 Å². The summed E-state index contributed by atoms with van der Waals surface area (Å²) in [6, 6.07) is 5.52. The van der Waals surface area contributed by atoms with E-state index in [9.17, 15) is 9.18 Å². The van der Waals surface area contributed by atoms with Crippen molar-refractivity contribution in [1.82, 2.24) is 30.4 Å². The number of nitrogens with one attached hydrogen (secondary N) is 2. The standard InChI is InChI=1S/C34H38ClF2N7O3/c35-26-12-27-25(15-39-42-27)29-22(26)4-1-2-5-28(45)38-14-20-16-43(10-11-46-18-20)32-24-7-6-23(29)30(37)31(24)40-33(41-32)47-19-34-8-3-9-44(34)17-21(36)13-34/h6-7,12,15,20-21H,1-5,8-11,13-14,16-19H2,(H,38,45)(H,39,42)/t20?,21-,34+/m1/s1. The third-order valence-corrected chi connectivity index (χ3v) is 10.7. The SMILES string of the molecule is O=C1CCCCc2c(Cl)cc3[nH]ncc3c2-c2ccc3c(nc(OC[C@@]45CCCN4C[C@H](F)C5)nc3c2F)N2CCOCC(CN1)C2. The number of benzene rings is 2. The molecule has 6 bridgehead atoms. The first kappa shape index (κ1) is 30.7. The molecule has 0 saturated carbocycles. The second kappa shape index (κ2) is 12.4. The van der Waals surface area contributed by atoms with E-state index in [1.807, 2.05) is 12.1 Å². The summed E-state index contributed by atoms with van der Waals surface area (Å²) in [5.74, 6) is 0.0230. The number of fused-ring (bicyclic) bond motifs is 9. The van der Waals surface area contributed by atoms with Gasteiger partial charge in [-0.1, -0.05) is 17.7 Å². The van der Waals surface area contributed by atoms with Crippen LogP contribution in [-0.2, 0) is 16.0 Å². The van der Waals surface area contributed by atoms with Gasteiger partial charge in [-0.2, -0.15) is 15.1 Å². The molecule has 2 N–H and O–H groups in total. The molecule has 7 heterocycles. The molecule has 3 saturated heterocycles. The van der Waals surface area contributed by atoms with E-state index in [4.69, 9.17) is 31.0 Å². The molecule has 1 unspecified atom stereocenters. The van der Waals surface area contributed by atoms with Gasteiger partial charge in [0, 0.05) is 71.9 Å². The monoisotopic (exact) mass is 665 g/mol. The first-order valence-corrected chi connectivity index (χ1v) is 17.0. The zero-order valence-electron chi connectivity index (χ0n) is 26.2. The molecule has 0 radical (unpaired) electrons. The molecule has 5 aliphatic rings. The van der Waals surface area contributed by atoms with Crippen molar-refractivity contribution in [2.75, 3.05) is 57.4 Å². The summed E-state index contributed by atoms with van der Waals surface area (Å²) in [6.07, 6.45) is 5.31. The maximum absolute atomic E-state index is 17.1. The largest absolute Gasteiger partial charge is 0.461 e. The lowest BCUT2D eigenvalue weighted by atomic mass is 9.91. The normalized spacial score (nSPS) is 25.6. The van der Waals surface area contributed by atoms with Gasteiger partial charge < -0.3 is 19.7 Å². The second-order valence-corrected chi connectivity index (χ2v) is 13.9. The number of aromatic amines is 1. The predicted octanol–water partition coefficient (Wildman–Crippen LogP) is 5.22. The zero-order chi connectivity index (χ0) is 32.1. The van der Waals surface area contributed by atoms with Crippen LogP contribution in [0.25, 0.3) is 32.9 Å². The number of amides is 1. The molecule has 1 amide bonds. The van der Waals surface area contributed by atoms with Crippen LogP contribution in [0.15, 0.2) is 24.4 Å². The van der Waals surface area contributed by atoms with E-state index in [0.717, 1.165) is 30.3 Å². The lowest BCUT2D eigenvalue weighted by molar-refractivity contribution is -0.121. The van der Waals surface area contributed by atoms with Crippen molar-refractivity contribution in [3.8, 4) is 17.1 Å². The van der Waals surface area contributed by atoms with Crippen LogP contribution in [0.4, 0.5) is 14.6 Å². The molecule has 3 fully saturated rings. The summed E-state index contributed by atoms with van der Waals surface area (Å²) in [4.78, 5) is 26.6. The van der Waals surface area contributed by atoms with Crippen LogP contribution in [0.2, 0.25) is 5.02 Å². The topological polar surface area (TPSA) is 108 Å². The molecule has 248 valence electrons. The van der Waals surface area contributed by atoms with E-state index in [1.54, 1.807) is 12.3 Å². The number of H-pyrrole nitrogens is 1. The summed E-state index contributed by atoms with van der Waals surface area (Å²) in [6.45, 7) is 3.93. The van der Waals surface area contributed by atoms with Crippen molar-refractivity contribution in [2.45, 2.75) is 56.7 Å². The number of nitrogens with zero attached hydrogens (tertiary/aromatic N) is 5. The Morgan fingerprint density at radius 1 is 1.13 bits per heavy atom. The highest BCUT2D eigenvalue weighted by molar-refractivity contribution is 6.33. The Bertz CT molecular complexity index is 1840. The average Bonchev–Trinajstić information content (AvgIpc) is 3.70. The van der Waals surface area contributed by atoms with Gasteiger partial charge in [0.1, 0.15) is 24.1 Å². The smallest absolute Gasteiger partial charge is 0.319 e. The van der Waals surface area contributed by atoms with Crippen LogP contribution in [-0.4, -0.2) is 95.2 Å². The van der Waals surface area contributed by atoms with E-state index >= 15 is 4.39 Å². The lowest BCUT2D eigenvalue weighted by Crippen LogP contribution is -2.43. The molecular formula is C34H38ClF2N7O3. The zero-order valence-corrected chi connectivity index (χ0v) is 26.9. The van der Waals surface area contributed by atoms with Crippen LogP contribution in [0.1, 0.15) is 44.1 Å². The highest BCUT2D eigenvalue weighted by atomic mass is 35.5. The Labute approximate surface area is 276 Å². The quantitative estimate of drug-likeness (QED) is 0.307. The van der Waals surface area contributed by atoms with Crippen molar-refractivity contribution >= 4 is 45.1 Å². The summed E-state index contributed by atoms with van der Waals surface area (Å²) < 4.78 is 43.9. The maximum atomic E-state index is 17.1. The van der Waals surface area contributed by atoms with E-state index in [0.29, 0.717) is 104 Å².